The topological polar surface area (TPSA) is 95.7 Å². The van der Waals surface area contributed by atoms with Gasteiger partial charge in [0.1, 0.15) is 6.04 Å². The van der Waals surface area contributed by atoms with Crippen molar-refractivity contribution in [2.75, 3.05) is 13.1 Å². The molecule has 1 aromatic rings. The first kappa shape index (κ1) is 19.9. The zero-order chi connectivity index (χ0) is 20.8. The molecule has 0 radical (unpaired) electrons. The standard InChI is InChI=1S/C20H24F2N4O3/c21-20(22)6-8-25(7-5-16(20)23)10-12-1-2-14-13(9-12)11-26(19(14)29)15-3-4-17(27)24-18(15)28/h1-2,9,15-16H,3-8,10-11,23H2,(H,24,27,28). The van der Waals surface area contributed by atoms with E-state index in [1.807, 2.05) is 17.0 Å². The zero-order valence-corrected chi connectivity index (χ0v) is 16.0. The lowest BCUT2D eigenvalue weighted by Crippen LogP contribution is -2.52. The molecule has 0 aliphatic carbocycles. The number of carbonyl (C=O) groups is 3. The van der Waals surface area contributed by atoms with Crippen molar-refractivity contribution < 1.29 is 23.2 Å². The van der Waals surface area contributed by atoms with Gasteiger partial charge in [0.15, 0.2) is 0 Å². The molecule has 1 aromatic carbocycles. The van der Waals surface area contributed by atoms with Crippen molar-refractivity contribution >= 4 is 17.7 Å². The van der Waals surface area contributed by atoms with Crippen molar-refractivity contribution in [2.24, 2.45) is 5.73 Å². The lowest BCUT2D eigenvalue weighted by atomic mass is 10.0. The van der Waals surface area contributed by atoms with Gasteiger partial charge < -0.3 is 10.6 Å². The van der Waals surface area contributed by atoms with E-state index in [4.69, 9.17) is 5.73 Å². The molecule has 2 fully saturated rings. The molecule has 2 atom stereocenters. The first-order valence-corrected chi connectivity index (χ1v) is 9.87. The number of hydrogen-bond donors (Lipinski definition) is 2. The van der Waals surface area contributed by atoms with Gasteiger partial charge in [-0.05, 0) is 30.0 Å². The number of imide groups is 1. The number of benzene rings is 1. The highest BCUT2D eigenvalue weighted by atomic mass is 19.3. The van der Waals surface area contributed by atoms with Gasteiger partial charge in [0.25, 0.3) is 11.8 Å². The van der Waals surface area contributed by atoms with Crippen LogP contribution >= 0.6 is 0 Å². The van der Waals surface area contributed by atoms with Crippen LogP contribution in [-0.4, -0.2) is 58.6 Å². The Kier molecular flexibility index (Phi) is 5.12. The van der Waals surface area contributed by atoms with E-state index in [1.165, 1.54) is 4.90 Å². The summed E-state index contributed by atoms with van der Waals surface area (Å²) in [5, 5.41) is 2.29. The maximum Gasteiger partial charge on any atom is 0.264 e. The molecular formula is C20H24F2N4O3. The first-order chi connectivity index (χ1) is 13.7. The van der Waals surface area contributed by atoms with Crippen LogP contribution in [0.1, 0.15) is 47.2 Å². The number of hydrogen-bond acceptors (Lipinski definition) is 5. The molecule has 0 bridgehead atoms. The summed E-state index contributed by atoms with van der Waals surface area (Å²) in [5.74, 6) is -3.83. The van der Waals surface area contributed by atoms with Gasteiger partial charge in [0.05, 0.1) is 6.04 Å². The van der Waals surface area contributed by atoms with E-state index < -0.39 is 23.9 Å². The fourth-order valence-corrected chi connectivity index (χ4v) is 4.28. The Balaban J connectivity index is 1.45. The molecule has 0 aromatic heterocycles. The number of amides is 3. The quantitative estimate of drug-likeness (QED) is 0.731. The monoisotopic (exact) mass is 406 g/mol. The van der Waals surface area contributed by atoms with Gasteiger partial charge in [-0.15, -0.1) is 0 Å². The van der Waals surface area contributed by atoms with Crippen LogP contribution in [0.25, 0.3) is 0 Å². The number of nitrogens with two attached hydrogens (primary N) is 1. The van der Waals surface area contributed by atoms with Gasteiger partial charge in [0.2, 0.25) is 11.8 Å². The predicted molar refractivity (Wildman–Crippen MR) is 99.9 cm³/mol. The van der Waals surface area contributed by atoms with Gasteiger partial charge in [-0.3, -0.25) is 24.6 Å². The van der Waals surface area contributed by atoms with E-state index in [9.17, 15) is 23.2 Å². The van der Waals surface area contributed by atoms with Crippen molar-refractivity contribution in [3.8, 4) is 0 Å². The molecule has 3 heterocycles. The molecule has 156 valence electrons. The molecule has 9 heteroatoms. The summed E-state index contributed by atoms with van der Waals surface area (Å²) < 4.78 is 27.6. The van der Waals surface area contributed by atoms with Gasteiger partial charge in [-0.25, -0.2) is 8.78 Å². The van der Waals surface area contributed by atoms with Crippen LogP contribution < -0.4 is 11.1 Å². The Morgan fingerprint density at radius 3 is 2.72 bits per heavy atom. The van der Waals surface area contributed by atoms with E-state index in [2.05, 4.69) is 5.32 Å². The number of nitrogens with one attached hydrogen (secondary N) is 1. The van der Waals surface area contributed by atoms with Crippen LogP contribution in [0.3, 0.4) is 0 Å². The Labute approximate surface area is 167 Å². The van der Waals surface area contributed by atoms with Gasteiger partial charge in [-0.1, -0.05) is 12.1 Å². The largest absolute Gasteiger partial charge is 0.323 e. The summed E-state index contributed by atoms with van der Waals surface area (Å²) in [6, 6.07) is 3.70. The maximum atomic E-state index is 13.8. The SMILES string of the molecule is NC1CCN(Cc2ccc3c(c2)CN(C2CCC(=O)NC2=O)C3=O)CCC1(F)F. The van der Waals surface area contributed by atoms with Crippen LogP contribution in [-0.2, 0) is 22.7 Å². The number of rotatable bonds is 3. The van der Waals surface area contributed by atoms with E-state index in [1.54, 1.807) is 6.07 Å². The van der Waals surface area contributed by atoms with Crippen molar-refractivity contribution in [1.82, 2.24) is 15.1 Å². The highest BCUT2D eigenvalue weighted by Gasteiger charge is 2.40. The molecule has 2 unspecified atom stereocenters. The maximum absolute atomic E-state index is 13.8. The van der Waals surface area contributed by atoms with E-state index in [0.29, 0.717) is 31.6 Å². The minimum atomic E-state index is -2.85. The third kappa shape index (κ3) is 3.89. The summed E-state index contributed by atoms with van der Waals surface area (Å²) in [6.45, 7) is 1.56. The highest BCUT2D eigenvalue weighted by Crippen LogP contribution is 2.30. The number of likely N-dealkylation sites (tertiary alicyclic amines) is 1. The predicted octanol–water partition coefficient (Wildman–Crippen LogP) is 1.01. The molecule has 2 saturated heterocycles. The van der Waals surface area contributed by atoms with E-state index >= 15 is 0 Å². The average Bonchev–Trinajstić information content (AvgIpc) is 2.92. The summed E-state index contributed by atoms with van der Waals surface area (Å²) in [7, 11) is 0. The number of alkyl halides is 2. The van der Waals surface area contributed by atoms with Crippen LogP contribution in [0, 0.1) is 0 Å². The minimum Gasteiger partial charge on any atom is -0.323 e. The Bertz CT molecular complexity index is 860. The normalized spacial score (nSPS) is 27.6. The lowest BCUT2D eigenvalue weighted by molar-refractivity contribution is -0.136. The number of carbonyl (C=O) groups excluding carboxylic acids is 3. The molecule has 3 amide bonds. The van der Waals surface area contributed by atoms with E-state index in [0.717, 1.165) is 11.1 Å². The summed E-state index contributed by atoms with van der Waals surface area (Å²) in [4.78, 5) is 39.7. The van der Waals surface area contributed by atoms with Crippen molar-refractivity contribution in [3.63, 3.8) is 0 Å². The van der Waals surface area contributed by atoms with E-state index in [-0.39, 0.29) is 37.6 Å². The molecule has 0 spiro atoms. The number of piperidine rings is 1. The van der Waals surface area contributed by atoms with Gasteiger partial charge in [-0.2, -0.15) is 0 Å². The van der Waals surface area contributed by atoms with Gasteiger partial charge >= 0.3 is 0 Å². The van der Waals surface area contributed by atoms with Crippen molar-refractivity contribution in [2.45, 2.75) is 56.8 Å². The molecule has 3 aliphatic rings. The second-order valence-electron chi connectivity index (χ2n) is 8.07. The summed E-state index contributed by atoms with van der Waals surface area (Å²) in [6.07, 6.45) is 0.504. The summed E-state index contributed by atoms with van der Waals surface area (Å²) >= 11 is 0. The lowest BCUT2D eigenvalue weighted by Gasteiger charge is -2.29. The third-order valence-corrected chi connectivity index (χ3v) is 6.05. The van der Waals surface area contributed by atoms with Crippen LogP contribution in [0.4, 0.5) is 8.78 Å². The molecule has 7 nitrogen and oxygen atoms in total. The molecule has 3 N–H and O–H groups in total. The first-order valence-electron chi connectivity index (χ1n) is 9.87. The molecular weight excluding hydrogens is 382 g/mol. The highest BCUT2D eigenvalue weighted by molar-refractivity contribution is 6.05. The Hall–Kier alpha value is -2.39. The number of fused-ring (bicyclic) bond motifs is 1. The molecule has 3 aliphatic heterocycles. The molecule has 0 saturated carbocycles. The Morgan fingerprint density at radius 2 is 1.97 bits per heavy atom. The number of halogens is 2. The van der Waals surface area contributed by atoms with Gasteiger partial charge in [0, 0.05) is 44.6 Å². The second kappa shape index (κ2) is 7.46. The second-order valence-corrected chi connectivity index (χ2v) is 8.07. The number of nitrogens with zero attached hydrogens (tertiary/aromatic N) is 2. The molecule has 4 rings (SSSR count). The van der Waals surface area contributed by atoms with Crippen LogP contribution in [0.2, 0.25) is 0 Å². The Morgan fingerprint density at radius 1 is 1.17 bits per heavy atom. The van der Waals surface area contributed by atoms with Crippen LogP contribution in [0.15, 0.2) is 18.2 Å². The fraction of sp³-hybridized carbons (Fsp3) is 0.550. The minimum absolute atomic E-state index is 0.212. The third-order valence-electron chi connectivity index (χ3n) is 6.05. The zero-order valence-electron chi connectivity index (χ0n) is 16.0. The van der Waals surface area contributed by atoms with Crippen molar-refractivity contribution in [3.05, 3.63) is 34.9 Å². The smallest absolute Gasteiger partial charge is 0.264 e. The summed E-state index contributed by atoms with van der Waals surface area (Å²) in [5.41, 5.74) is 7.88. The van der Waals surface area contributed by atoms with Crippen molar-refractivity contribution in [1.29, 1.82) is 0 Å². The average molecular weight is 406 g/mol. The van der Waals surface area contributed by atoms with Crippen LogP contribution in [0.5, 0.6) is 0 Å². The molecule has 29 heavy (non-hydrogen) atoms. The fourth-order valence-electron chi connectivity index (χ4n) is 4.28.